The fraction of sp³-hybridized carbons (Fsp3) is 0.364. The second-order valence-electron chi connectivity index (χ2n) is 8.06. The van der Waals surface area contributed by atoms with Crippen molar-refractivity contribution in [3.05, 3.63) is 59.2 Å². The van der Waals surface area contributed by atoms with Gasteiger partial charge < -0.3 is 15.4 Å². The molecule has 0 radical (unpaired) electrons. The lowest BCUT2D eigenvalue weighted by molar-refractivity contribution is -0.120. The number of carbonyl (C=O) groups excluding carboxylic acids is 2. The molecule has 164 valence electrons. The van der Waals surface area contributed by atoms with Gasteiger partial charge in [-0.2, -0.15) is 0 Å². The van der Waals surface area contributed by atoms with Gasteiger partial charge >= 0.3 is 0 Å². The average molecular weight is 444 g/mol. The van der Waals surface area contributed by atoms with Crippen molar-refractivity contribution in [3.63, 3.8) is 0 Å². The largest absolute Gasteiger partial charge is 0.372 e. The number of fused-ring (bicyclic) bond motifs is 1. The van der Waals surface area contributed by atoms with Gasteiger partial charge in [-0.1, -0.05) is 12.1 Å². The lowest BCUT2D eigenvalue weighted by atomic mass is 9.85. The van der Waals surface area contributed by atoms with Crippen LogP contribution >= 0.6 is 0 Å². The molecule has 0 atom stereocenters. The van der Waals surface area contributed by atoms with Gasteiger partial charge in [-0.05, 0) is 67.1 Å². The Balaban J connectivity index is 1.29. The Bertz CT molecular complexity index is 1110. The van der Waals surface area contributed by atoms with Crippen molar-refractivity contribution >= 4 is 27.5 Å². The Morgan fingerprint density at radius 1 is 0.968 bits per heavy atom. The van der Waals surface area contributed by atoms with E-state index in [0.29, 0.717) is 50.1 Å². The molecule has 0 aromatic heterocycles. The highest BCUT2D eigenvalue weighted by atomic mass is 32.2. The smallest absolute Gasteiger partial charge is 0.251 e. The van der Waals surface area contributed by atoms with Crippen LogP contribution in [0.25, 0.3) is 0 Å². The molecule has 0 bridgehead atoms. The minimum atomic E-state index is -3.83. The summed E-state index contributed by atoms with van der Waals surface area (Å²) in [7, 11) is -3.83. The van der Waals surface area contributed by atoms with Crippen molar-refractivity contribution in [2.24, 2.45) is 11.1 Å². The van der Waals surface area contributed by atoms with E-state index in [0.717, 1.165) is 11.1 Å². The molecule has 2 amide bonds. The monoisotopic (exact) mass is 443 g/mol. The van der Waals surface area contributed by atoms with E-state index < -0.39 is 10.0 Å². The molecule has 0 spiro atoms. The van der Waals surface area contributed by atoms with Crippen LogP contribution in [0.5, 0.6) is 0 Å². The number of hydrogen-bond donors (Lipinski definition) is 3. The van der Waals surface area contributed by atoms with Crippen molar-refractivity contribution in [1.29, 1.82) is 0 Å². The van der Waals surface area contributed by atoms with Crippen molar-refractivity contribution < 1.29 is 22.7 Å². The van der Waals surface area contributed by atoms with Crippen molar-refractivity contribution in [2.75, 3.05) is 5.32 Å². The predicted octanol–water partition coefficient (Wildman–Crippen LogP) is 2.29. The first-order valence-electron chi connectivity index (χ1n) is 10.2. The second kappa shape index (κ2) is 8.78. The zero-order valence-electron chi connectivity index (χ0n) is 17.0. The van der Waals surface area contributed by atoms with E-state index in [1.807, 2.05) is 18.2 Å². The fourth-order valence-corrected chi connectivity index (χ4v) is 4.64. The maximum atomic E-state index is 12.6. The highest BCUT2D eigenvalue weighted by Gasteiger charge is 2.28. The molecular weight excluding hydrogens is 418 g/mol. The average Bonchev–Trinajstić information content (AvgIpc) is 3.21. The highest BCUT2D eigenvalue weighted by Crippen LogP contribution is 2.27. The normalized spacial score (nSPS) is 20.7. The second-order valence-corrected chi connectivity index (χ2v) is 9.62. The van der Waals surface area contributed by atoms with Crippen LogP contribution in [0.3, 0.4) is 0 Å². The van der Waals surface area contributed by atoms with E-state index in [9.17, 15) is 18.0 Å². The number of ether oxygens (including phenoxy) is 1. The molecular formula is C22H25N3O5S. The van der Waals surface area contributed by atoms with Crippen molar-refractivity contribution in [1.82, 2.24) is 5.32 Å². The van der Waals surface area contributed by atoms with Crippen LogP contribution in [-0.4, -0.2) is 26.3 Å². The first-order valence-corrected chi connectivity index (χ1v) is 11.8. The van der Waals surface area contributed by atoms with Gasteiger partial charge in [0.05, 0.1) is 18.1 Å². The molecule has 0 unspecified atom stereocenters. The maximum absolute atomic E-state index is 12.6. The Morgan fingerprint density at radius 2 is 1.71 bits per heavy atom. The summed E-state index contributed by atoms with van der Waals surface area (Å²) in [6.07, 6.45) is 2.69. The van der Waals surface area contributed by atoms with Crippen LogP contribution < -0.4 is 15.8 Å². The number of benzene rings is 2. The summed E-state index contributed by atoms with van der Waals surface area (Å²) < 4.78 is 28.4. The first-order chi connectivity index (χ1) is 14.8. The maximum Gasteiger partial charge on any atom is 0.251 e. The minimum absolute atomic E-state index is 0.0202. The lowest BCUT2D eigenvalue weighted by Gasteiger charge is -2.28. The Kier molecular flexibility index (Phi) is 6.08. The summed E-state index contributed by atoms with van der Waals surface area (Å²) in [4.78, 5) is 25.1. The fourth-order valence-electron chi connectivity index (χ4n) is 4.08. The third-order valence-electron chi connectivity index (χ3n) is 5.85. The van der Waals surface area contributed by atoms with E-state index in [1.165, 1.54) is 18.2 Å². The van der Waals surface area contributed by atoms with Crippen LogP contribution in [-0.2, 0) is 32.8 Å². The van der Waals surface area contributed by atoms with Crippen LogP contribution in [0.4, 0.5) is 5.69 Å². The number of anilines is 1. The number of nitrogens with one attached hydrogen (secondary N) is 2. The molecule has 4 rings (SSSR count). The molecule has 0 saturated heterocycles. The number of amides is 2. The quantitative estimate of drug-likeness (QED) is 0.653. The van der Waals surface area contributed by atoms with E-state index in [4.69, 9.17) is 9.88 Å². The number of rotatable bonds is 5. The molecule has 1 aliphatic carbocycles. The summed E-state index contributed by atoms with van der Waals surface area (Å²) in [6.45, 7) is 1.13. The third kappa shape index (κ3) is 5.12. The molecule has 4 N–H and O–H groups in total. The standard InChI is InChI=1S/C22H25N3O5S/c23-31(28,29)20-3-1-2-19(11-20)25-21(26)14-6-8-18(9-7-14)24-22(27)15-4-5-16-12-30-13-17(16)10-15/h1-5,10-11,14,18H,6-9,12-13H2,(H,24,27)(H,25,26)(H2,23,28,29). The predicted molar refractivity (Wildman–Crippen MR) is 115 cm³/mol. The molecule has 2 aromatic rings. The van der Waals surface area contributed by atoms with Gasteiger partial charge in [-0.25, -0.2) is 13.6 Å². The van der Waals surface area contributed by atoms with Gasteiger partial charge in [0.15, 0.2) is 0 Å². The summed E-state index contributed by atoms with van der Waals surface area (Å²) >= 11 is 0. The van der Waals surface area contributed by atoms with Crippen LogP contribution in [0.1, 0.15) is 47.2 Å². The molecule has 9 heteroatoms. The minimum Gasteiger partial charge on any atom is -0.372 e. The highest BCUT2D eigenvalue weighted by molar-refractivity contribution is 7.89. The molecule has 2 aliphatic rings. The zero-order chi connectivity index (χ0) is 22.0. The summed E-state index contributed by atoms with van der Waals surface area (Å²) in [5.74, 6) is -0.458. The lowest BCUT2D eigenvalue weighted by Crippen LogP contribution is -2.39. The van der Waals surface area contributed by atoms with E-state index in [1.54, 1.807) is 6.07 Å². The Hall–Kier alpha value is -2.75. The molecule has 1 fully saturated rings. The van der Waals surface area contributed by atoms with Gasteiger partial charge in [0, 0.05) is 23.2 Å². The van der Waals surface area contributed by atoms with Gasteiger partial charge in [0.1, 0.15) is 0 Å². The number of sulfonamides is 1. The van der Waals surface area contributed by atoms with Crippen LogP contribution in [0.15, 0.2) is 47.4 Å². The summed E-state index contributed by atoms with van der Waals surface area (Å²) in [6, 6.07) is 11.5. The molecule has 8 nitrogen and oxygen atoms in total. The summed E-state index contributed by atoms with van der Waals surface area (Å²) in [5, 5.41) is 11.0. The van der Waals surface area contributed by atoms with Gasteiger partial charge in [-0.15, -0.1) is 0 Å². The Labute approximate surface area is 181 Å². The molecule has 1 saturated carbocycles. The van der Waals surface area contributed by atoms with Crippen LogP contribution in [0.2, 0.25) is 0 Å². The van der Waals surface area contributed by atoms with E-state index in [-0.39, 0.29) is 28.7 Å². The molecule has 31 heavy (non-hydrogen) atoms. The third-order valence-corrected chi connectivity index (χ3v) is 6.76. The number of primary sulfonamides is 1. The van der Waals surface area contributed by atoms with Gasteiger partial charge in [0.2, 0.25) is 15.9 Å². The Morgan fingerprint density at radius 3 is 2.45 bits per heavy atom. The van der Waals surface area contributed by atoms with Crippen molar-refractivity contribution in [2.45, 2.75) is 49.8 Å². The van der Waals surface area contributed by atoms with Crippen LogP contribution in [0, 0.1) is 5.92 Å². The van der Waals surface area contributed by atoms with Gasteiger partial charge in [-0.3, -0.25) is 9.59 Å². The van der Waals surface area contributed by atoms with E-state index in [2.05, 4.69) is 10.6 Å². The number of carbonyl (C=O) groups is 2. The summed E-state index contributed by atoms with van der Waals surface area (Å²) in [5.41, 5.74) is 3.20. The van der Waals surface area contributed by atoms with Gasteiger partial charge in [0.25, 0.3) is 5.91 Å². The topological polar surface area (TPSA) is 128 Å². The number of hydrogen-bond acceptors (Lipinski definition) is 5. The molecule has 1 aliphatic heterocycles. The SMILES string of the molecule is NS(=O)(=O)c1cccc(NC(=O)C2CCC(NC(=O)c3ccc4c(c3)COC4)CC2)c1. The van der Waals surface area contributed by atoms with E-state index >= 15 is 0 Å². The zero-order valence-corrected chi connectivity index (χ0v) is 17.8. The number of nitrogens with two attached hydrogens (primary N) is 1. The van der Waals surface area contributed by atoms with Crippen molar-refractivity contribution in [3.8, 4) is 0 Å². The molecule has 1 heterocycles. The molecule has 2 aromatic carbocycles. The first kappa shape index (κ1) is 21.5.